The first-order valence-corrected chi connectivity index (χ1v) is 8.27. The summed E-state index contributed by atoms with van der Waals surface area (Å²) in [5.74, 6) is 0. The molecule has 1 aliphatic rings. The topological polar surface area (TPSA) is 67.9 Å². The third-order valence-electron chi connectivity index (χ3n) is 2.78. The lowest BCUT2D eigenvalue weighted by Gasteiger charge is -2.34. The maximum absolute atomic E-state index is 12.1. The standard InChI is InChI=1S/C12H26N2O4S/c1-10(2)17-7-5-6-13-19(15,16)14-8-11(3)18-12(4)9-14/h10-13H,5-9H2,1-4H3/t11-,12-/m0/s1. The molecule has 114 valence electrons. The van der Waals surface area contributed by atoms with Crippen LogP contribution in [0.3, 0.4) is 0 Å². The van der Waals surface area contributed by atoms with Crippen molar-refractivity contribution in [2.45, 2.75) is 52.4 Å². The van der Waals surface area contributed by atoms with Crippen LogP contribution in [0, 0.1) is 0 Å². The highest BCUT2D eigenvalue weighted by molar-refractivity contribution is 7.87. The molecule has 1 aliphatic heterocycles. The van der Waals surface area contributed by atoms with Gasteiger partial charge in [-0.25, -0.2) is 4.72 Å². The van der Waals surface area contributed by atoms with Gasteiger partial charge in [-0.3, -0.25) is 0 Å². The Balaban J connectivity index is 2.34. The van der Waals surface area contributed by atoms with Crippen molar-refractivity contribution in [2.75, 3.05) is 26.2 Å². The van der Waals surface area contributed by atoms with E-state index in [-0.39, 0.29) is 18.3 Å². The van der Waals surface area contributed by atoms with Crippen LogP contribution >= 0.6 is 0 Å². The summed E-state index contributed by atoms with van der Waals surface area (Å²) in [6, 6.07) is 0. The quantitative estimate of drug-likeness (QED) is 0.703. The van der Waals surface area contributed by atoms with E-state index in [9.17, 15) is 8.42 Å². The Hall–Kier alpha value is -0.210. The van der Waals surface area contributed by atoms with E-state index in [4.69, 9.17) is 9.47 Å². The van der Waals surface area contributed by atoms with E-state index in [1.807, 2.05) is 27.7 Å². The predicted molar refractivity (Wildman–Crippen MR) is 74.2 cm³/mol. The number of nitrogens with zero attached hydrogens (tertiary/aromatic N) is 1. The van der Waals surface area contributed by atoms with Gasteiger partial charge in [0, 0.05) is 26.2 Å². The van der Waals surface area contributed by atoms with Gasteiger partial charge in [-0.15, -0.1) is 0 Å². The van der Waals surface area contributed by atoms with Crippen molar-refractivity contribution in [1.82, 2.24) is 9.03 Å². The van der Waals surface area contributed by atoms with E-state index in [1.165, 1.54) is 4.31 Å². The van der Waals surface area contributed by atoms with Gasteiger partial charge in [0.15, 0.2) is 0 Å². The van der Waals surface area contributed by atoms with Gasteiger partial charge in [0.1, 0.15) is 0 Å². The van der Waals surface area contributed by atoms with E-state index < -0.39 is 10.2 Å². The average molecular weight is 294 g/mol. The first-order valence-electron chi connectivity index (χ1n) is 6.83. The van der Waals surface area contributed by atoms with E-state index in [0.717, 1.165) is 0 Å². The van der Waals surface area contributed by atoms with Gasteiger partial charge in [-0.05, 0) is 34.1 Å². The Kier molecular flexibility index (Phi) is 6.68. The fourth-order valence-electron chi connectivity index (χ4n) is 2.01. The molecule has 1 N–H and O–H groups in total. The SMILES string of the molecule is CC(C)OCCCNS(=O)(=O)N1C[C@H](C)O[C@@H](C)C1. The van der Waals surface area contributed by atoms with Crippen LogP contribution in [0.5, 0.6) is 0 Å². The molecule has 1 saturated heterocycles. The van der Waals surface area contributed by atoms with Crippen LogP contribution in [0.2, 0.25) is 0 Å². The Morgan fingerprint density at radius 1 is 1.32 bits per heavy atom. The minimum atomic E-state index is -3.40. The molecule has 1 rings (SSSR count). The van der Waals surface area contributed by atoms with Gasteiger partial charge in [-0.2, -0.15) is 12.7 Å². The minimum absolute atomic E-state index is 0.0652. The minimum Gasteiger partial charge on any atom is -0.379 e. The average Bonchev–Trinajstić information content (AvgIpc) is 2.26. The number of rotatable bonds is 7. The van der Waals surface area contributed by atoms with E-state index in [1.54, 1.807) is 0 Å². The number of nitrogens with one attached hydrogen (secondary N) is 1. The second-order valence-electron chi connectivity index (χ2n) is 5.25. The van der Waals surface area contributed by atoms with Gasteiger partial charge < -0.3 is 9.47 Å². The van der Waals surface area contributed by atoms with Crippen molar-refractivity contribution in [3.05, 3.63) is 0 Å². The molecule has 0 amide bonds. The molecule has 0 aromatic carbocycles. The molecular weight excluding hydrogens is 268 g/mol. The molecule has 1 heterocycles. The highest BCUT2D eigenvalue weighted by Crippen LogP contribution is 2.13. The molecule has 0 aromatic rings. The largest absolute Gasteiger partial charge is 0.379 e. The van der Waals surface area contributed by atoms with Gasteiger partial charge in [-0.1, -0.05) is 0 Å². The van der Waals surface area contributed by atoms with Crippen LogP contribution < -0.4 is 4.72 Å². The smallest absolute Gasteiger partial charge is 0.279 e. The lowest BCUT2D eigenvalue weighted by atomic mass is 10.3. The normalized spacial score (nSPS) is 25.9. The second-order valence-corrected chi connectivity index (χ2v) is 7.00. The van der Waals surface area contributed by atoms with Gasteiger partial charge in [0.25, 0.3) is 10.2 Å². The molecule has 1 fully saturated rings. The number of hydrogen-bond acceptors (Lipinski definition) is 4. The second kappa shape index (κ2) is 7.54. The summed E-state index contributed by atoms with van der Waals surface area (Å²) in [6.45, 7) is 9.46. The van der Waals surface area contributed by atoms with Gasteiger partial charge >= 0.3 is 0 Å². The molecule has 0 bridgehead atoms. The molecule has 0 saturated carbocycles. The van der Waals surface area contributed by atoms with Crippen molar-refractivity contribution < 1.29 is 17.9 Å². The molecule has 0 radical (unpaired) electrons. The molecule has 0 unspecified atom stereocenters. The maximum atomic E-state index is 12.1. The van der Waals surface area contributed by atoms with Gasteiger partial charge in [0.05, 0.1) is 18.3 Å². The number of ether oxygens (including phenoxy) is 2. The van der Waals surface area contributed by atoms with Crippen molar-refractivity contribution in [3.63, 3.8) is 0 Å². The number of hydrogen-bond donors (Lipinski definition) is 1. The molecular formula is C12H26N2O4S. The first kappa shape index (κ1) is 16.8. The zero-order chi connectivity index (χ0) is 14.5. The predicted octanol–water partition coefficient (Wildman–Crippen LogP) is 0.745. The lowest BCUT2D eigenvalue weighted by Crippen LogP contribution is -2.52. The fraction of sp³-hybridized carbons (Fsp3) is 1.00. The van der Waals surface area contributed by atoms with E-state index >= 15 is 0 Å². The summed E-state index contributed by atoms with van der Waals surface area (Å²) in [4.78, 5) is 0. The monoisotopic (exact) mass is 294 g/mol. The molecule has 19 heavy (non-hydrogen) atoms. The highest BCUT2D eigenvalue weighted by atomic mass is 32.2. The molecule has 0 spiro atoms. The molecule has 7 heteroatoms. The van der Waals surface area contributed by atoms with E-state index in [2.05, 4.69) is 4.72 Å². The lowest BCUT2D eigenvalue weighted by molar-refractivity contribution is -0.0444. The third kappa shape index (κ3) is 6.18. The maximum Gasteiger partial charge on any atom is 0.279 e. The number of morpholine rings is 1. The van der Waals surface area contributed by atoms with Crippen molar-refractivity contribution in [2.24, 2.45) is 0 Å². The van der Waals surface area contributed by atoms with Crippen LogP contribution in [-0.2, 0) is 19.7 Å². The third-order valence-corrected chi connectivity index (χ3v) is 4.33. The van der Waals surface area contributed by atoms with Gasteiger partial charge in [0.2, 0.25) is 0 Å². The molecule has 6 nitrogen and oxygen atoms in total. The van der Waals surface area contributed by atoms with Crippen LogP contribution in [0.15, 0.2) is 0 Å². The fourth-order valence-corrected chi connectivity index (χ4v) is 3.41. The molecule has 0 aliphatic carbocycles. The Morgan fingerprint density at radius 3 is 2.42 bits per heavy atom. The molecule has 0 aromatic heterocycles. The summed E-state index contributed by atoms with van der Waals surface area (Å²) < 4.78 is 39.1. The summed E-state index contributed by atoms with van der Waals surface area (Å²) in [5.41, 5.74) is 0. The van der Waals surface area contributed by atoms with E-state index in [0.29, 0.717) is 32.7 Å². The van der Waals surface area contributed by atoms with Crippen molar-refractivity contribution >= 4 is 10.2 Å². The molecule has 2 atom stereocenters. The Bertz CT molecular complexity index is 349. The zero-order valence-electron chi connectivity index (χ0n) is 12.3. The van der Waals surface area contributed by atoms with Crippen LogP contribution in [0.25, 0.3) is 0 Å². The Morgan fingerprint density at radius 2 is 1.89 bits per heavy atom. The summed E-state index contributed by atoms with van der Waals surface area (Å²) >= 11 is 0. The Labute approximate surface area is 116 Å². The first-order chi connectivity index (χ1) is 8.81. The van der Waals surface area contributed by atoms with Crippen LogP contribution in [-0.4, -0.2) is 57.3 Å². The van der Waals surface area contributed by atoms with Crippen molar-refractivity contribution in [1.29, 1.82) is 0 Å². The summed E-state index contributed by atoms with van der Waals surface area (Å²) in [7, 11) is -3.40. The van der Waals surface area contributed by atoms with Crippen molar-refractivity contribution in [3.8, 4) is 0 Å². The van der Waals surface area contributed by atoms with Crippen LogP contribution in [0.4, 0.5) is 0 Å². The summed E-state index contributed by atoms with van der Waals surface area (Å²) in [5, 5.41) is 0. The summed E-state index contributed by atoms with van der Waals surface area (Å²) in [6.07, 6.45) is 0.721. The zero-order valence-corrected chi connectivity index (χ0v) is 13.1. The highest BCUT2D eigenvalue weighted by Gasteiger charge is 2.30. The van der Waals surface area contributed by atoms with Crippen LogP contribution in [0.1, 0.15) is 34.1 Å².